The molecule has 5 nitrogen and oxygen atoms in total. The highest BCUT2D eigenvalue weighted by Gasteiger charge is 2.19. The molecule has 0 heterocycles. The Morgan fingerprint density at radius 2 is 2.11 bits per heavy atom. The number of likely N-dealkylation sites (N-methyl/N-ethyl adjacent to an activating group) is 1. The van der Waals surface area contributed by atoms with Crippen molar-refractivity contribution in [2.24, 2.45) is 0 Å². The van der Waals surface area contributed by atoms with Crippen LogP contribution in [0.1, 0.15) is 18.1 Å². The fourth-order valence-corrected chi connectivity index (χ4v) is 2.78. The summed E-state index contributed by atoms with van der Waals surface area (Å²) in [7, 11) is -1.89. The first-order valence-corrected chi connectivity index (χ1v) is 7.07. The van der Waals surface area contributed by atoms with Crippen LogP contribution in [0.5, 0.6) is 0 Å². The third-order valence-electron chi connectivity index (χ3n) is 2.71. The molecule has 0 aromatic heterocycles. The number of nitrogens with one attached hydrogen (secondary N) is 2. The summed E-state index contributed by atoms with van der Waals surface area (Å²) < 4.78 is 26.7. The Labute approximate surface area is 108 Å². The zero-order valence-corrected chi connectivity index (χ0v) is 11.5. The zero-order valence-electron chi connectivity index (χ0n) is 10.7. The maximum atomic E-state index is 12.1. The van der Waals surface area contributed by atoms with E-state index in [0.717, 1.165) is 0 Å². The molecule has 0 radical (unpaired) electrons. The summed E-state index contributed by atoms with van der Waals surface area (Å²) in [6.45, 7) is 3.86. The minimum atomic E-state index is -3.64. The van der Waals surface area contributed by atoms with Gasteiger partial charge < -0.3 is 5.32 Å². The molecule has 0 saturated heterocycles. The van der Waals surface area contributed by atoms with Crippen LogP contribution in [0.2, 0.25) is 0 Å². The highest BCUT2D eigenvalue weighted by molar-refractivity contribution is 7.89. The van der Waals surface area contributed by atoms with Crippen LogP contribution in [0.4, 0.5) is 0 Å². The van der Waals surface area contributed by atoms with Crippen molar-refractivity contribution in [2.75, 3.05) is 13.6 Å². The number of aryl methyl sites for hydroxylation is 1. The van der Waals surface area contributed by atoms with E-state index in [4.69, 9.17) is 5.26 Å². The van der Waals surface area contributed by atoms with E-state index in [1.165, 1.54) is 6.07 Å². The van der Waals surface area contributed by atoms with Crippen molar-refractivity contribution in [1.29, 1.82) is 5.26 Å². The summed E-state index contributed by atoms with van der Waals surface area (Å²) in [6, 6.07) is 6.75. The quantitative estimate of drug-likeness (QED) is 0.825. The Kier molecular flexibility index (Phi) is 4.84. The van der Waals surface area contributed by atoms with Gasteiger partial charge in [0.2, 0.25) is 10.0 Å². The van der Waals surface area contributed by atoms with Gasteiger partial charge in [0.05, 0.1) is 10.5 Å². The van der Waals surface area contributed by atoms with E-state index in [9.17, 15) is 8.42 Å². The van der Waals surface area contributed by atoms with Gasteiger partial charge in [0.25, 0.3) is 0 Å². The van der Waals surface area contributed by atoms with Crippen molar-refractivity contribution < 1.29 is 8.42 Å². The van der Waals surface area contributed by atoms with Gasteiger partial charge in [-0.05, 0) is 32.5 Å². The molecule has 18 heavy (non-hydrogen) atoms. The van der Waals surface area contributed by atoms with Crippen molar-refractivity contribution in [1.82, 2.24) is 10.0 Å². The SMILES string of the molecule is CNC(C)CNS(=O)(=O)c1cccc(C)c1C#N. The monoisotopic (exact) mass is 267 g/mol. The summed E-state index contributed by atoms with van der Waals surface area (Å²) in [5.41, 5.74) is 0.851. The van der Waals surface area contributed by atoms with E-state index in [-0.39, 0.29) is 23.0 Å². The van der Waals surface area contributed by atoms with Crippen molar-refractivity contribution in [2.45, 2.75) is 24.8 Å². The lowest BCUT2D eigenvalue weighted by Crippen LogP contribution is -2.37. The van der Waals surface area contributed by atoms with Gasteiger partial charge in [-0.3, -0.25) is 0 Å². The lowest BCUT2D eigenvalue weighted by atomic mass is 10.1. The summed E-state index contributed by atoms with van der Waals surface area (Å²) in [4.78, 5) is 0.0355. The fraction of sp³-hybridized carbons (Fsp3) is 0.417. The Hall–Kier alpha value is -1.42. The molecule has 1 rings (SSSR count). The normalized spacial score (nSPS) is 13.0. The second-order valence-corrected chi connectivity index (χ2v) is 5.84. The lowest BCUT2D eigenvalue weighted by molar-refractivity contribution is 0.554. The molecule has 0 aliphatic carbocycles. The molecule has 1 aromatic rings. The van der Waals surface area contributed by atoms with Gasteiger partial charge in [-0.2, -0.15) is 5.26 Å². The van der Waals surface area contributed by atoms with Crippen LogP contribution in [0.15, 0.2) is 23.1 Å². The molecular weight excluding hydrogens is 250 g/mol. The molecular formula is C12H17N3O2S. The zero-order chi connectivity index (χ0) is 13.8. The average Bonchev–Trinajstić information content (AvgIpc) is 2.35. The Morgan fingerprint density at radius 1 is 1.44 bits per heavy atom. The van der Waals surface area contributed by atoms with Crippen LogP contribution in [0, 0.1) is 18.3 Å². The van der Waals surface area contributed by atoms with E-state index in [1.54, 1.807) is 26.1 Å². The molecule has 0 aliphatic rings. The van der Waals surface area contributed by atoms with Crippen LogP contribution < -0.4 is 10.0 Å². The molecule has 0 bridgehead atoms. The molecule has 0 aliphatic heterocycles. The van der Waals surface area contributed by atoms with Crippen molar-refractivity contribution >= 4 is 10.0 Å². The van der Waals surface area contributed by atoms with Crippen molar-refractivity contribution in [3.63, 3.8) is 0 Å². The molecule has 98 valence electrons. The van der Waals surface area contributed by atoms with E-state index >= 15 is 0 Å². The standard InChI is InChI=1S/C12H17N3O2S/c1-9-5-4-6-12(11(9)7-13)18(16,17)15-8-10(2)14-3/h4-6,10,14-15H,8H2,1-3H3. The molecule has 1 aromatic carbocycles. The molecule has 1 unspecified atom stereocenters. The van der Waals surface area contributed by atoms with Crippen LogP contribution in [-0.2, 0) is 10.0 Å². The van der Waals surface area contributed by atoms with Crippen LogP contribution in [0.3, 0.4) is 0 Å². The third-order valence-corrected chi connectivity index (χ3v) is 4.17. The van der Waals surface area contributed by atoms with Crippen molar-refractivity contribution in [3.05, 3.63) is 29.3 Å². The first-order chi connectivity index (χ1) is 8.42. The van der Waals surface area contributed by atoms with E-state index in [2.05, 4.69) is 10.0 Å². The number of nitriles is 1. The maximum absolute atomic E-state index is 12.1. The number of benzene rings is 1. The molecule has 0 spiro atoms. The molecule has 2 N–H and O–H groups in total. The number of rotatable bonds is 5. The molecule has 0 fully saturated rings. The molecule has 6 heteroatoms. The van der Waals surface area contributed by atoms with E-state index in [1.807, 2.05) is 13.0 Å². The predicted octanol–water partition coefficient (Wildman–Crippen LogP) is 0.753. The number of nitrogens with zero attached hydrogens (tertiary/aromatic N) is 1. The first kappa shape index (κ1) is 14.6. The summed E-state index contributed by atoms with van der Waals surface area (Å²) in [6.07, 6.45) is 0. The molecule has 0 saturated carbocycles. The van der Waals surface area contributed by atoms with Gasteiger partial charge >= 0.3 is 0 Å². The minimum absolute atomic E-state index is 0.0233. The van der Waals surface area contributed by atoms with E-state index in [0.29, 0.717) is 5.56 Å². The summed E-state index contributed by atoms with van der Waals surface area (Å²) in [5.74, 6) is 0. The van der Waals surface area contributed by atoms with Crippen LogP contribution in [-0.4, -0.2) is 28.1 Å². The van der Waals surface area contributed by atoms with Gasteiger partial charge in [-0.15, -0.1) is 0 Å². The largest absolute Gasteiger partial charge is 0.316 e. The molecule has 1 atom stereocenters. The number of hydrogen-bond donors (Lipinski definition) is 2. The lowest BCUT2D eigenvalue weighted by Gasteiger charge is -2.13. The number of sulfonamides is 1. The van der Waals surface area contributed by atoms with Gasteiger partial charge in [-0.1, -0.05) is 12.1 Å². The summed E-state index contributed by atoms with van der Waals surface area (Å²) >= 11 is 0. The second kappa shape index (κ2) is 5.96. The Bertz CT molecular complexity index is 561. The smallest absolute Gasteiger partial charge is 0.241 e. The van der Waals surface area contributed by atoms with E-state index < -0.39 is 10.0 Å². The molecule has 0 amide bonds. The highest BCUT2D eigenvalue weighted by atomic mass is 32.2. The van der Waals surface area contributed by atoms with Crippen molar-refractivity contribution in [3.8, 4) is 6.07 Å². The second-order valence-electron chi connectivity index (χ2n) is 4.10. The average molecular weight is 267 g/mol. The fourth-order valence-electron chi connectivity index (χ4n) is 1.42. The van der Waals surface area contributed by atoms with Gasteiger partial charge in [0.1, 0.15) is 6.07 Å². The number of hydrogen-bond acceptors (Lipinski definition) is 4. The topological polar surface area (TPSA) is 82.0 Å². The van der Waals surface area contributed by atoms with Gasteiger partial charge in [0, 0.05) is 12.6 Å². The van der Waals surface area contributed by atoms with Crippen LogP contribution in [0.25, 0.3) is 0 Å². The Morgan fingerprint density at radius 3 is 2.67 bits per heavy atom. The maximum Gasteiger partial charge on any atom is 0.241 e. The third kappa shape index (κ3) is 3.29. The minimum Gasteiger partial charge on any atom is -0.316 e. The summed E-state index contributed by atoms with van der Waals surface area (Å²) in [5, 5.41) is 12.0. The predicted molar refractivity (Wildman–Crippen MR) is 69.6 cm³/mol. The Balaban J connectivity index is 3.07. The van der Waals surface area contributed by atoms with Gasteiger partial charge in [0.15, 0.2) is 0 Å². The first-order valence-electron chi connectivity index (χ1n) is 5.59. The van der Waals surface area contributed by atoms with Crippen LogP contribution >= 0.6 is 0 Å². The highest BCUT2D eigenvalue weighted by Crippen LogP contribution is 2.18. The van der Waals surface area contributed by atoms with Gasteiger partial charge in [-0.25, -0.2) is 13.1 Å².